The first-order valence-corrected chi connectivity index (χ1v) is 10.2. The van der Waals surface area contributed by atoms with Crippen LogP contribution in [-0.2, 0) is 21.2 Å². The second-order valence-electron chi connectivity index (χ2n) is 6.57. The molecule has 7 nitrogen and oxygen atoms in total. The highest BCUT2D eigenvalue weighted by molar-refractivity contribution is 7.89. The van der Waals surface area contributed by atoms with Crippen LogP contribution in [0, 0.1) is 19.7 Å². The van der Waals surface area contributed by atoms with Crippen molar-refractivity contribution in [3.8, 4) is 0 Å². The van der Waals surface area contributed by atoms with Gasteiger partial charge in [0.05, 0.1) is 17.0 Å². The van der Waals surface area contributed by atoms with E-state index in [0.717, 1.165) is 17.7 Å². The van der Waals surface area contributed by atoms with Gasteiger partial charge in [-0.25, -0.2) is 12.8 Å². The monoisotopic (exact) mass is 395 g/mol. The number of rotatable bonds is 4. The summed E-state index contributed by atoms with van der Waals surface area (Å²) in [5.74, 6) is 0.0579. The number of aromatic nitrogens is 1. The van der Waals surface area contributed by atoms with Gasteiger partial charge in [-0.2, -0.15) is 4.31 Å². The molecule has 3 rings (SSSR count). The molecule has 0 radical (unpaired) electrons. The normalized spacial score (nSPS) is 16.3. The lowest BCUT2D eigenvalue weighted by atomic mass is 10.1. The van der Waals surface area contributed by atoms with Crippen LogP contribution in [-0.4, -0.2) is 54.9 Å². The van der Waals surface area contributed by atoms with Crippen molar-refractivity contribution in [1.82, 2.24) is 14.4 Å². The molecule has 0 unspecified atom stereocenters. The standard InChI is InChI=1S/C18H22FN3O4S/c1-13-17(14(2)26-20-13)12-18(23)21-8-3-9-22(11-10-21)27(24,25)16-6-4-15(19)5-7-16/h4-7H,3,8-12H2,1-2H3. The maximum absolute atomic E-state index is 13.1. The van der Waals surface area contributed by atoms with Crippen molar-refractivity contribution in [1.29, 1.82) is 0 Å². The predicted molar refractivity (Wildman–Crippen MR) is 96.0 cm³/mol. The number of nitrogens with zero attached hydrogens (tertiary/aromatic N) is 3. The fraction of sp³-hybridized carbons (Fsp3) is 0.444. The molecule has 0 spiro atoms. The van der Waals surface area contributed by atoms with E-state index in [4.69, 9.17) is 4.52 Å². The number of carbonyl (C=O) groups excluding carboxylic acids is 1. The molecular formula is C18H22FN3O4S. The van der Waals surface area contributed by atoms with E-state index < -0.39 is 15.8 Å². The van der Waals surface area contributed by atoms with Crippen LogP contribution in [0.25, 0.3) is 0 Å². The third-order valence-electron chi connectivity index (χ3n) is 4.77. The maximum Gasteiger partial charge on any atom is 0.243 e. The summed E-state index contributed by atoms with van der Waals surface area (Å²) >= 11 is 0. The van der Waals surface area contributed by atoms with Gasteiger partial charge in [0.15, 0.2) is 0 Å². The number of amides is 1. The highest BCUT2D eigenvalue weighted by Gasteiger charge is 2.28. The highest BCUT2D eigenvalue weighted by Crippen LogP contribution is 2.19. The van der Waals surface area contributed by atoms with Crippen molar-refractivity contribution >= 4 is 15.9 Å². The van der Waals surface area contributed by atoms with Gasteiger partial charge in [-0.05, 0) is 44.5 Å². The van der Waals surface area contributed by atoms with Crippen LogP contribution < -0.4 is 0 Å². The molecule has 27 heavy (non-hydrogen) atoms. The summed E-state index contributed by atoms with van der Waals surface area (Å²) in [7, 11) is -3.71. The second kappa shape index (κ2) is 7.77. The van der Waals surface area contributed by atoms with E-state index in [0.29, 0.717) is 37.5 Å². The van der Waals surface area contributed by atoms with Crippen LogP contribution >= 0.6 is 0 Å². The summed E-state index contributed by atoms with van der Waals surface area (Å²) in [5, 5.41) is 3.86. The van der Waals surface area contributed by atoms with E-state index in [1.54, 1.807) is 18.7 Å². The van der Waals surface area contributed by atoms with Crippen molar-refractivity contribution in [2.75, 3.05) is 26.2 Å². The Morgan fingerprint density at radius 3 is 2.48 bits per heavy atom. The fourth-order valence-corrected chi connectivity index (χ4v) is 4.63. The zero-order valence-corrected chi connectivity index (χ0v) is 16.1. The molecule has 1 amide bonds. The van der Waals surface area contributed by atoms with Crippen LogP contribution in [0.1, 0.15) is 23.4 Å². The molecule has 0 N–H and O–H groups in total. The minimum atomic E-state index is -3.71. The number of hydrogen-bond donors (Lipinski definition) is 0. The van der Waals surface area contributed by atoms with E-state index >= 15 is 0 Å². The number of carbonyl (C=O) groups is 1. The van der Waals surface area contributed by atoms with Crippen molar-refractivity contribution in [2.45, 2.75) is 31.6 Å². The first kappa shape index (κ1) is 19.5. The Labute approximate surface area is 157 Å². The third kappa shape index (κ3) is 4.19. The van der Waals surface area contributed by atoms with Crippen molar-refractivity contribution in [3.63, 3.8) is 0 Å². The number of benzene rings is 1. The Hall–Kier alpha value is -2.26. The van der Waals surface area contributed by atoms with E-state index in [1.807, 2.05) is 0 Å². The Morgan fingerprint density at radius 1 is 1.15 bits per heavy atom. The summed E-state index contributed by atoms with van der Waals surface area (Å²) in [6.07, 6.45) is 0.722. The average molecular weight is 395 g/mol. The second-order valence-corrected chi connectivity index (χ2v) is 8.51. The lowest BCUT2D eigenvalue weighted by molar-refractivity contribution is -0.130. The Bertz CT molecular complexity index is 905. The minimum Gasteiger partial charge on any atom is -0.361 e. The van der Waals surface area contributed by atoms with Crippen LogP contribution in [0.15, 0.2) is 33.7 Å². The molecule has 2 heterocycles. The SMILES string of the molecule is Cc1noc(C)c1CC(=O)N1CCCN(S(=O)(=O)c2ccc(F)cc2)CC1. The van der Waals surface area contributed by atoms with Gasteiger partial charge in [0.1, 0.15) is 11.6 Å². The van der Waals surface area contributed by atoms with Gasteiger partial charge in [-0.3, -0.25) is 4.79 Å². The number of halogens is 1. The Morgan fingerprint density at radius 2 is 1.85 bits per heavy atom. The predicted octanol–water partition coefficient (Wildman–Crippen LogP) is 1.90. The Kier molecular flexibility index (Phi) is 5.61. The molecule has 1 aromatic carbocycles. The molecule has 1 fully saturated rings. The topological polar surface area (TPSA) is 83.7 Å². The first-order valence-electron chi connectivity index (χ1n) is 8.74. The molecule has 1 aliphatic heterocycles. The Balaban J connectivity index is 1.68. The lowest BCUT2D eigenvalue weighted by Crippen LogP contribution is -2.38. The summed E-state index contributed by atoms with van der Waals surface area (Å²) in [6.45, 7) is 4.86. The van der Waals surface area contributed by atoms with E-state index in [1.165, 1.54) is 16.4 Å². The smallest absolute Gasteiger partial charge is 0.243 e. The summed E-state index contributed by atoms with van der Waals surface area (Å²) < 4.78 is 45.0. The van der Waals surface area contributed by atoms with Gasteiger partial charge < -0.3 is 9.42 Å². The van der Waals surface area contributed by atoms with Crippen molar-refractivity contribution in [2.24, 2.45) is 0 Å². The number of hydrogen-bond acceptors (Lipinski definition) is 5. The van der Waals surface area contributed by atoms with Gasteiger partial charge in [0.25, 0.3) is 0 Å². The van der Waals surface area contributed by atoms with E-state index in [2.05, 4.69) is 5.16 Å². The van der Waals surface area contributed by atoms with Gasteiger partial charge in [-0.15, -0.1) is 0 Å². The summed E-state index contributed by atoms with van der Waals surface area (Å²) in [5.41, 5.74) is 1.47. The molecule has 1 aromatic heterocycles. The van der Waals surface area contributed by atoms with E-state index in [-0.39, 0.29) is 23.8 Å². The number of sulfonamides is 1. The highest BCUT2D eigenvalue weighted by atomic mass is 32.2. The summed E-state index contributed by atoms with van der Waals surface area (Å²) in [6, 6.07) is 4.78. The van der Waals surface area contributed by atoms with Crippen LogP contribution in [0.4, 0.5) is 4.39 Å². The van der Waals surface area contributed by atoms with Crippen molar-refractivity contribution < 1.29 is 22.1 Å². The fourth-order valence-electron chi connectivity index (χ4n) is 3.16. The molecule has 1 aliphatic rings. The van der Waals surface area contributed by atoms with Crippen LogP contribution in [0.5, 0.6) is 0 Å². The average Bonchev–Trinajstić information content (AvgIpc) is 2.84. The van der Waals surface area contributed by atoms with Gasteiger partial charge >= 0.3 is 0 Å². The molecule has 0 saturated carbocycles. The van der Waals surface area contributed by atoms with E-state index in [9.17, 15) is 17.6 Å². The van der Waals surface area contributed by atoms with Gasteiger partial charge in [0.2, 0.25) is 15.9 Å². The minimum absolute atomic E-state index is 0.0550. The zero-order valence-electron chi connectivity index (χ0n) is 15.3. The molecule has 1 saturated heterocycles. The molecular weight excluding hydrogens is 373 g/mol. The van der Waals surface area contributed by atoms with Gasteiger partial charge in [-0.1, -0.05) is 5.16 Å². The molecule has 0 atom stereocenters. The molecule has 0 bridgehead atoms. The number of aryl methyl sites for hydroxylation is 2. The maximum atomic E-state index is 13.1. The lowest BCUT2D eigenvalue weighted by Gasteiger charge is -2.22. The van der Waals surface area contributed by atoms with Crippen LogP contribution in [0.3, 0.4) is 0 Å². The quantitative estimate of drug-likeness (QED) is 0.790. The van der Waals surface area contributed by atoms with Crippen LogP contribution in [0.2, 0.25) is 0 Å². The molecule has 146 valence electrons. The first-order chi connectivity index (χ1) is 12.8. The molecule has 0 aliphatic carbocycles. The molecule has 2 aromatic rings. The zero-order chi connectivity index (χ0) is 19.6. The van der Waals surface area contributed by atoms with Crippen molar-refractivity contribution in [3.05, 3.63) is 47.1 Å². The summed E-state index contributed by atoms with van der Waals surface area (Å²) in [4.78, 5) is 14.4. The molecule has 9 heteroatoms. The van der Waals surface area contributed by atoms with Gasteiger partial charge in [0, 0.05) is 31.7 Å². The largest absolute Gasteiger partial charge is 0.361 e. The third-order valence-corrected chi connectivity index (χ3v) is 6.68.